The molecule has 2 bridgehead atoms. The van der Waals surface area contributed by atoms with Gasteiger partial charge in [0.15, 0.2) is 11.6 Å². The topological polar surface area (TPSA) is 20.2 Å². The Morgan fingerprint density at radius 3 is 2.68 bits per heavy atom. The third-order valence-corrected chi connectivity index (χ3v) is 5.91. The van der Waals surface area contributed by atoms with Crippen molar-refractivity contribution in [2.24, 2.45) is 23.7 Å². The molecular formula is C16H18F2O. The molecule has 5 atom stereocenters. The van der Waals surface area contributed by atoms with Crippen LogP contribution in [0.2, 0.25) is 0 Å². The number of aliphatic hydroxyl groups is 1. The molecular weight excluding hydrogens is 246 g/mol. The van der Waals surface area contributed by atoms with Gasteiger partial charge in [-0.1, -0.05) is 12.5 Å². The van der Waals surface area contributed by atoms with Crippen molar-refractivity contribution in [3.05, 3.63) is 35.4 Å². The Hall–Kier alpha value is -0.960. The molecule has 0 saturated heterocycles. The molecule has 0 aliphatic heterocycles. The summed E-state index contributed by atoms with van der Waals surface area (Å²) in [4.78, 5) is 0. The van der Waals surface area contributed by atoms with Crippen LogP contribution in [-0.2, 0) is 5.60 Å². The fourth-order valence-electron chi connectivity index (χ4n) is 5.21. The Labute approximate surface area is 111 Å². The summed E-state index contributed by atoms with van der Waals surface area (Å²) in [7, 11) is 0. The van der Waals surface area contributed by atoms with Gasteiger partial charge in [0.1, 0.15) is 0 Å². The minimum Gasteiger partial charge on any atom is -0.385 e. The molecule has 19 heavy (non-hydrogen) atoms. The predicted molar refractivity (Wildman–Crippen MR) is 67.3 cm³/mol. The van der Waals surface area contributed by atoms with Gasteiger partial charge >= 0.3 is 0 Å². The Balaban J connectivity index is 1.73. The zero-order valence-electron chi connectivity index (χ0n) is 10.8. The molecule has 3 aliphatic rings. The maximum Gasteiger partial charge on any atom is 0.159 e. The molecule has 1 aromatic rings. The summed E-state index contributed by atoms with van der Waals surface area (Å²) in [6.45, 7) is 0. The molecule has 0 spiro atoms. The Morgan fingerprint density at radius 1 is 1.11 bits per heavy atom. The molecule has 0 heterocycles. The average Bonchev–Trinajstić information content (AvgIpc) is 3.03. The first-order valence-corrected chi connectivity index (χ1v) is 7.27. The molecule has 3 fully saturated rings. The fourth-order valence-corrected chi connectivity index (χ4v) is 5.21. The van der Waals surface area contributed by atoms with E-state index in [1.54, 1.807) is 6.07 Å². The van der Waals surface area contributed by atoms with Gasteiger partial charge in [0.25, 0.3) is 0 Å². The van der Waals surface area contributed by atoms with Crippen LogP contribution in [0.15, 0.2) is 18.2 Å². The summed E-state index contributed by atoms with van der Waals surface area (Å²) < 4.78 is 26.5. The van der Waals surface area contributed by atoms with Crippen LogP contribution in [0, 0.1) is 35.3 Å². The number of benzene rings is 1. The van der Waals surface area contributed by atoms with Gasteiger partial charge in [-0.25, -0.2) is 8.78 Å². The first-order chi connectivity index (χ1) is 9.09. The van der Waals surface area contributed by atoms with Crippen molar-refractivity contribution in [1.82, 2.24) is 0 Å². The lowest BCUT2D eigenvalue weighted by Gasteiger charge is -2.39. The highest BCUT2D eigenvalue weighted by Crippen LogP contribution is 2.65. The van der Waals surface area contributed by atoms with Crippen molar-refractivity contribution < 1.29 is 13.9 Å². The average molecular weight is 264 g/mol. The minimum absolute atomic E-state index is 0.245. The highest BCUT2D eigenvalue weighted by atomic mass is 19.2. The van der Waals surface area contributed by atoms with Crippen LogP contribution in [0.1, 0.15) is 37.7 Å². The highest BCUT2D eigenvalue weighted by molar-refractivity contribution is 5.29. The third kappa shape index (κ3) is 1.48. The van der Waals surface area contributed by atoms with E-state index in [2.05, 4.69) is 0 Å². The van der Waals surface area contributed by atoms with Crippen molar-refractivity contribution in [3.8, 4) is 0 Å². The van der Waals surface area contributed by atoms with Gasteiger partial charge in [0.05, 0.1) is 5.60 Å². The van der Waals surface area contributed by atoms with Crippen molar-refractivity contribution in [3.63, 3.8) is 0 Å². The number of fused-ring (bicyclic) bond motifs is 5. The van der Waals surface area contributed by atoms with Gasteiger partial charge in [0, 0.05) is 0 Å². The largest absolute Gasteiger partial charge is 0.385 e. The van der Waals surface area contributed by atoms with E-state index >= 15 is 0 Å². The SMILES string of the molecule is OC1(c2ccc(F)c(F)c2)CC2CC1C1CCCC21. The maximum atomic E-state index is 13.4. The first kappa shape index (κ1) is 11.8. The monoisotopic (exact) mass is 264 g/mol. The van der Waals surface area contributed by atoms with Crippen LogP contribution in [0.25, 0.3) is 0 Å². The van der Waals surface area contributed by atoms with E-state index in [0.717, 1.165) is 24.8 Å². The maximum absolute atomic E-state index is 13.4. The number of hydrogen-bond donors (Lipinski definition) is 1. The Morgan fingerprint density at radius 2 is 1.89 bits per heavy atom. The second-order valence-electron chi connectivity index (χ2n) is 6.62. The molecule has 0 aromatic heterocycles. The van der Waals surface area contributed by atoms with Crippen LogP contribution >= 0.6 is 0 Å². The predicted octanol–water partition coefficient (Wildman–Crippen LogP) is 3.61. The smallest absolute Gasteiger partial charge is 0.159 e. The summed E-state index contributed by atoms with van der Waals surface area (Å²) in [5.74, 6) is 0.504. The van der Waals surface area contributed by atoms with Crippen LogP contribution in [0.3, 0.4) is 0 Å². The molecule has 1 nitrogen and oxygen atoms in total. The zero-order chi connectivity index (χ0) is 13.2. The van der Waals surface area contributed by atoms with Crippen LogP contribution in [-0.4, -0.2) is 5.11 Å². The van der Waals surface area contributed by atoms with Crippen molar-refractivity contribution in [2.75, 3.05) is 0 Å². The van der Waals surface area contributed by atoms with Crippen molar-refractivity contribution in [1.29, 1.82) is 0 Å². The van der Waals surface area contributed by atoms with E-state index < -0.39 is 17.2 Å². The van der Waals surface area contributed by atoms with Crippen LogP contribution in [0.4, 0.5) is 8.78 Å². The van der Waals surface area contributed by atoms with E-state index in [-0.39, 0.29) is 5.92 Å². The molecule has 3 aliphatic carbocycles. The standard InChI is InChI=1S/C16H18F2O/c17-14-5-4-10(7-15(14)18)16(19)8-9-6-13(16)12-3-1-2-11(9)12/h4-5,7,9,11-13,19H,1-3,6,8H2. The van der Waals surface area contributed by atoms with Gasteiger partial charge < -0.3 is 5.11 Å². The molecule has 4 rings (SSSR count). The Bertz CT molecular complexity index is 529. The van der Waals surface area contributed by atoms with Gasteiger partial charge in [-0.05, 0) is 67.1 Å². The summed E-state index contributed by atoms with van der Waals surface area (Å²) >= 11 is 0. The number of hydrogen-bond acceptors (Lipinski definition) is 1. The molecule has 3 heteroatoms. The van der Waals surface area contributed by atoms with E-state index in [1.165, 1.54) is 25.3 Å². The molecule has 0 amide bonds. The van der Waals surface area contributed by atoms with E-state index in [4.69, 9.17) is 0 Å². The summed E-state index contributed by atoms with van der Waals surface area (Å²) in [5.41, 5.74) is -0.352. The second kappa shape index (κ2) is 3.78. The summed E-state index contributed by atoms with van der Waals surface area (Å²) in [6, 6.07) is 3.89. The minimum atomic E-state index is -0.926. The van der Waals surface area contributed by atoms with Gasteiger partial charge in [-0.2, -0.15) is 0 Å². The number of halogens is 2. The van der Waals surface area contributed by atoms with E-state index in [9.17, 15) is 13.9 Å². The number of rotatable bonds is 1. The normalized spacial score (nSPS) is 43.7. The van der Waals surface area contributed by atoms with E-state index in [0.29, 0.717) is 17.4 Å². The Kier molecular flexibility index (Phi) is 2.36. The third-order valence-electron chi connectivity index (χ3n) is 5.91. The lowest BCUT2D eigenvalue weighted by Crippen LogP contribution is -2.39. The molecule has 1 aromatic carbocycles. The van der Waals surface area contributed by atoms with Gasteiger partial charge in [-0.15, -0.1) is 0 Å². The zero-order valence-corrected chi connectivity index (χ0v) is 10.8. The molecule has 102 valence electrons. The molecule has 1 N–H and O–H groups in total. The van der Waals surface area contributed by atoms with Gasteiger partial charge in [0.2, 0.25) is 0 Å². The van der Waals surface area contributed by atoms with Crippen LogP contribution in [0.5, 0.6) is 0 Å². The highest BCUT2D eigenvalue weighted by Gasteiger charge is 2.60. The van der Waals surface area contributed by atoms with Crippen molar-refractivity contribution >= 4 is 0 Å². The fraction of sp³-hybridized carbons (Fsp3) is 0.625. The summed E-state index contributed by atoms with van der Waals surface area (Å²) in [5, 5.41) is 11.0. The van der Waals surface area contributed by atoms with Crippen molar-refractivity contribution in [2.45, 2.75) is 37.7 Å². The summed E-state index contributed by atoms with van der Waals surface area (Å²) in [6.07, 6.45) is 5.53. The van der Waals surface area contributed by atoms with Crippen LogP contribution < -0.4 is 0 Å². The lowest BCUT2D eigenvalue weighted by molar-refractivity contribution is -0.0515. The molecule has 0 radical (unpaired) electrons. The lowest BCUT2D eigenvalue weighted by atomic mass is 9.70. The quantitative estimate of drug-likeness (QED) is 0.821. The molecule has 5 unspecified atom stereocenters. The van der Waals surface area contributed by atoms with Gasteiger partial charge in [-0.3, -0.25) is 0 Å². The van der Waals surface area contributed by atoms with E-state index in [1.807, 2.05) is 0 Å². The molecule has 3 saturated carbocycles. The first-order valence-electron chi connectivity index (χ1n) is 7.27. The second-order valence-corrected chi connectivity index (χ2v) is 6.62.